The molecule has 0 heterocycles. The van der Waals surface area contributed by atoms with Gasteiger partial charge in [0.1, 0.15) is 6.10 Å². The summed E-state index contributed by atoms with van der Waals surface area (Å²) in [6, 6.07) is 14.4. The second-order valence-corrected chi connectivity index (χ2v) is 9.15. The van der Waals surface area contributed by atoms with Gasteiger partial charge in [-0.1, -0.05) is 37.1 Å². The van der Waals surface area contributed by atoms with Crippen molar-refractivity contribution < 1.29 is 28.7 Å². The van der Waals surface area contributed by atoms with E-state index in [1.165, 1.54) is 12.2 Å². The van der Waals surface area contributed by atoms with E-state index >= 15 is 0 Å². The Morgan fingerprint density at radius 1 is 0.744 bits per heavy atom. The largest absolute Gasteiger partial charge is 0.442 e. The lowest BCUT2D eigenvalue weighted by atomic mass is 10.1. The molecular formula is C29H34N8O6. The van der Waals surface area contributed by atoms with Gasteiger partial charge < -0.3 is 31.3 Å². The first-order chi connectivity index (χ1) is 20.9. The molecule has 0 bridgehead atoms. The van der Waals surface area contributed by atoms with Gasteiger partial charge in [0.15, 0.2) is 0 Å². The topological polar surface area (TPSA) is 203 Å². The Kier molecular flexibility index (Phi) is 16.0. The maximum absolute atomic E-state index is 12.5. The molecule has 2 aromatic carbocycles. The van der Waals surface area contributed by atoms with Gasteiger partial charge in [0.25, 0.3) is 0 Å². The number of hydrogen-bond donors (Lipinski definition) is 5. The van der Waals surface area contributed by atoms with Gasteiger partial charge in [0.05, 0.1) is 38.7 Å². The van der Waals surface area contributed by atoms with E-state index in [1.807, 2.05) is 0 Å². The van der Waals surface area contributed by atoms with Gasteiger partial charge >= 0.3 is 18.2 Å². The summed E-state index contributed by atoms with van der Waals surface area (Å²) in [4.78, 5) is 64.6. The quantitative estimate of drug-likeness (QED) is 0.105. The molecule has 0 aromatic heterocycles. The molecule has 43 heavy (non-hydrogen) atoms. The predicted molar refractivity (Wildman–Crippen MR) is 158 cm³/mol. The van der Waals surface area contributed by atoms with Gasteiger partial charge in [-0.15, -0.1) is 0 Å². The molecule has 0 aliphatic rings. The number of benzene rings is 2. The first-order valence-corrected chi connectivity index (χ1v) is 13.6. The summed E-state index contributed by atoms with van der Waals surface area (Å²) in [7, 11) is 0. The molecule has 0 spiro atoms. The van der Waals surface area contributed by atoms with Crippen molar-refractivity contribution in [2.24, 2.45) is 9.98 Å². The molecule has 226 valence electrons. The van der Waals surface area contributed by atoms with Crippen LogP contribution >= 0.6 is 0 Å². The van der Waals surface area contributed by atoms with Crippen LogP contribution in [0.5, 0.6) is 0 Å². The molecule has 0 aliphatic carbocycles. The van der Waals surface area contributed by atoms with E-state index in [2.05, 4.69) is 42.6 Å². The van der Waals surface area contributed by atoms with E-state index < -0.39 is 24.3 Å². The summed E-state index contributed by atoms with van der Waals surface area (Å²) < 4.78 is 5.44. The molecule has 1 unspecified atom stereocenters. The Labute approximate surface area is 249 Å². The van der Waals surface area contributed by atoms with E-state index in [0.29, 0.717) is 30.9 Å². The minimum absolute atomic E-state index is 0.102. The fourth-order valence-electron chi connectivity index (χ4n) is 3.63. The van der Waals surface area contributed by atoms with Crippen LogP contribution in [0.15, 0.2) is 58.5 Å². The van der Waals surface area contributed by atoms with Gasteiger partial charge in [0, 0.05) is 17.9 Å². The number of isocyanates is 2. The Bertz CT molecular complexity index is 1310. The summed E-state index contributed by atoms with van der Waals surface area (Å²) in [6.45, 7) is 0.762. The molecule has 0 saturated carbocycles. The van der Waals surface area contributed by atoms with Crippen LogP contribution in [0, 0.1) is 11.3 Å². The number of urea groups is 2. The molecule has 1 atom stereocenters. The van der Waals surface area contributed by atoms with Crippen LogP contribution in [0.1, 0.15) is 36.8 Å². The number of anilines is 2. The zero-order chi connectivity index (χ0) is 31.1. The number of nitrogens with one attached hydrogen (secondary N) is 5. The Morgan fingerprint density at radius 2 is 1.30 bits per heavy atom. The Morgan fingerprint density at radius 3 is 1.86 bits per heavy atom. The second-order valence-electron chi connectivity index (χ2n) is 9.15. The molecule has 5 amide bonds. The zero-order valence-electron chi connectivity index (χ0n) is 23.6. The molecular weight excluding hydrogens is 556 g/mol. The summed E-state index contributed by atoms with van der Waals surface area (Å²) in [5.41, 5.74) is 2.58. The molecule has 0 saturated heterocycles. The lowest BCUT2D eigenvalue weighted by molar-refractivity contribution is 0.0982. The third kappa shape index (κ3) is 15.2. The van der Waals surface area contributed by atoms with E-state index in [9.17, 15) is 24.0 Å². The number of nitrogens with zero attached hydrogens (tertiary/aromatic N) is 3. The first-order valence-electron chi connectivity index (χ1n) is 13.6. The maximum Gasteiger partial charge on any atom is 0.407 e. The van der Waals surface area contributed by atoms with Crippen molar-refractivity contribution in [1.29, 1.82) is 5.26 Å². The molecule has 0 radical (unpaired) electrons. The van der Waals surface area contributed by atoms with E-state index in [4.69, 9.17) is 10.00 Å². The average Bonchev–Trinajstić information content (AvgIpc) is 3.00. The number of aliphatic imine (C=N–C) groups is 2. The third-order valence-electron chi connectivity index (χ3n) is 5.82. The van der Waals surface area contributed by atoms with Gasteiger partial charge in [-0.3, -0.25) is 0 Å². The van der Waals surface area contributed by atoms with Crippen LogP contribution in [0.4, 0.5) is 25.8 Å². The number of carbonyl (C=O) groups is 3. The molecule has 0 aliphatic heterocycles. The highest BCUT2D eigenvalue weighted by molar-refractivity contribution is 5.90. The summed E-state index contributed by atoms with van der Waals surface area (Å²) in [5.74, 6) is 0. The Hall–Kier alpha value is -5.50. The van der Waals surface area contributed by atoms with E-state index in [0.717, 1.165) is 30.4 Å². The Balaban J connectivity index is 1.87. The molecule has 14 heteroatoms. The summed E-state index contributed by atoms with van der Waals surface area (Å²) >= 11 is 0. The van der Waals surface area contributed by atoms with Crippen molar-refractivity contribution in [2.45, 2.75) is 44.8 Å². The zero-order valence-corrected chi connectivity index (χ0v) is 23.6. The van der Waals surface area contributed by atoms with Crippen LogP contribution in [0.25, 0.3) is 0 Å². The number of nitriles is 1. The summed E-state index contributed by atoms with van der Waals surface area (Å²) in [6.07, 6.45) is 4.72. The fraction of sp³-hybridized carbons (Fsp3) is 0.379. The van der Waals surface area contributed by atoms with Crippen LogP contribution < -0.4 is 26.6 Å². The van der Waals surface area contributed by atoms with E-state index in [1.54, 1.807) is 48.5 Å². The van der Waals surface area contributed by atoms with Crippen molar-refractivity contribution in [3.05, 3.63) is 59.7 Å². The van der Waals surface area contributed by atoms with Gasteiger partial charge in [0.2, 0.25) is 12.2 Å². The second kappa shape index (κ2) is 20.4. The number of alkyl carbamates (subject to hydrolysis) is 1. The third-order valence-corrected chi connectivity index (χ3v) is 5.82. The fourth-order valence-corrected chi connectivity index (χ4v) is 3.63. The molecule has 14 nitrogen and oxygen atoms in total. The highest BCUT2D eigenvalue weighted by atomic mass is 16.6. The predicted octanol–water partition coefficient (Wildman–Crippen LogP) is 3.52. The highest BCUT2D eigenvalue weighted by Gasteiger charge is 2.17. The number of amides is 5. The highest BCUT2D eigenvalue weighted by Crippen LogP contribution is 2.11. The molecule has 2 aromatic rings. The lowest BCUT2D eigenvalue weighted by Gasteiger charge is -2.20. The van der Waals surface area contributed by atoms with Crippen molar-refractivity contribution in [2.75, 3.05) is 36.8 Å². The molecule has 0 fully saturated rings. The number of ether oxygens (including phenoxy) is 1. The van der Waals surface area contributed by atoms with Crippen molar-refractivity contribution >= 4 is 41.7 Å². The molecule has 2 rings (SSSR count). The van der Waals surface area contributed by atoms with Gasteiger partial charge in [-0.2, -0.15) is 5.26 Å². The van der Waals surface area contributed by atoms with Crippen LogP contribution in [-0.2, 0) is 27.3 Å². The maximum atomic E-state index is 12.5. The number of carbonyl (C=O) groups excluding carboxylic acids is 5. The van der Waals surface area contributed by atoms with Crippen molar-refractivity contribution in [3.63, 3.8) is 0 Å². The van der Waals surface area contributed by atoms with Gasteiger partial charge in [-0.25, -0.2) is 34.0 Å². The van der Waals surface area contributed by atoms with Crippen molar-refractivity contribution in [1.82, 2.24) is 16.0 Å². The monoisotopic (exact) mass is 590 g/mol. The van der Waals surface area contributed by atoms with Crippen LogP contribution in [0.3, 0.4) is 0 Å². The SMILES string of the molecule is N#CCc1ccc(NC(=O)NCC(CNC(=O)Nc2ccc(CN=C=O)cc2)OC(=O)NCCCCCCN=C=O)cc1. The first kappa shape index (κ1) is 33.7. The van der Waals surface area contributed by atoms with Crippen LogP contribution in [0.2, 0.25) is 0 Å². The summed E-state index contributed by atoms with van der Waals surface area (Å²) in [5, 5.41) is 22.0. The number of hydrogen-bond acceptors (Lipinski definition) is 9. The number of unbranched alkanes of at least 4 members (excludes halogenated alkanes) is 3. The van der Waals surface area contributed by atoms with Crippen LogP contribution in [-0.4, -0.2) is 62.6 Å². The average molecular weight is 591 g/mol. The lowest BCUT2D eigenvalue weighted by Crippen LogP contribution is -2.45. The van der Waals surface area contributed by atoms with E-state index in [-0.39, 0.29) is 26.1 Å². The standard InChI is InChI=1S/C29H34N8O6/c30-14-13-22-5-9-24(10-6-22)36-27(40)34-18-26(43-29(42)33-16-4-2-1-3-15-31-20-38)19-35-28(41)37-25-11-7-23(8-12-25)17-32-21-39/h5-12,26H,1-4,13,15-19H2,(H,33,42)(H2,34,36,40)(H2,35,37,41). The van der Waals surface area contributed by atoms with Gasteiger partial charge in [-0.05, 0) is 48.2 Å². The van der Waals surface area contributed by atoms with Crippen molar-refractivity contribution in [3.8, 4) is 6.07 Å². The number of rotatable bonds is 17. The minimum Gasteiger partial charge on any atom is -0.442 e. The smallest absolute Gasteiger partial charge is 0.407 e. The molecule has 5 N–H and O–H groups in total. The normalized spacial score (nSPS) is 10.5. The minimum atomic E-state index is -0.903.